The van der Waals surface area contributed by atoms with E-state index >= 15 is 0 Å². The van der Waals surface area contributed by atoms with Crippen LogP contribution in [0, 0.1) is 0 Å². The summed E-state index contributed by atoms with van der Waals surface area (Å²) in [5, 5.41) is 6.71. The van der Waals surface area contributed by atoms with Gasteiger partial charge in [-0.25, -0.2) is 0 Å². The molecule has 2 rings (SSSR count). The number of nitrogens with one attached hydrogen (secondary N) is 1. The molecule has 1 aliphatic heterocycles. The van der Waals surface area contributed by atoms with Gasteiger partial charge in [-0.05, 0) is 25.5 Å². The minimum Gasteiger partial charge on any atom is -0.312 e. The van der Waals surface area contributed by atoms with Crippen molar-refractivity contribution in [2.75, 3.05) is 6.54 Å². The molecule has 0 aromatic carbocycles. The van der Waals surface area contributed by atoms with E-state index < -0.39 is 11.9 Å². The maximum Gasteiger partial charge on any atom is 0.435 e. The highest BCUT2D eigenvalue weighted by Gasteiger charge is 2.33. The van der Waals surface area contributed by atoms with Gasteiger partial charge in [0, 0.05) is 12.2 Å². The van der Waals surface area contributed by atoms with E-state index in [4.69, 9.17) is 0 Å². The van der Waals surface area contributed by atoms with E-state index in [2.05, 4.69) is 10.4 Å². The number of hydrogen-bond donors (Lipinski definition) is 1. The summed E-state index contributed by atoms with van der Waals surface area (Å²) >= 11 is 0. The summed E-state index contributed by atoms with van der Waals surface area (Å²) < 4.78 is 38.0. The summed E-state index contributed by atoms with van der Waals surface area (Å²) in [6.45, 7) is 1.45. The third-order valence-electron chi connectivity index (χ3n) is 2.50. The van der Waals surface area contributed by atoms with E-state index in [1.165, 1.54) is 10.9 Å². The Hall–Kier alpha value is -1.04. The van der Waals surface area contributed by atoms with Crippen molar-refractivity contribution in [2.45, 2.75) is 31.6 Å². The Kier molecular flexibility index (Phi) is 2.68. The highest BCUT2D eigenvalue weighted by Crippen LogP contribution is 2.27. The van der Waals surface area contributed by atoms with Gasteiger partial charge in [0.05, 0.1) is 6.54 Å². The lowest BCUT2D eigenvalue weighted by Gasteiger charge is -2.09. The lowest BCUT2D eigenvalue weighted by Crippen LogP contribution is -2.27. The summed E-state index contributed by atoms with van der Waals surface area (Å²) in [4.78, 5) is 0. The Morgan fingerprint density at radius 3 is 2.87 bits per heavy atom. The molecule has 3 nitrogen and oxygen atoms in total. The highest BCUT2D eigenvalue weighted by molar-refractivity contribution is 5.03. The van der Waals surface area contributed by atoms with Crippen LogP contribution in [0.2, 0.25) is 0 Å². The van der Waals surface area contributed by atoms with Gasteiger partial charge in [0.25, 0.3) is 0 Å². The second-order valence-corrected chi connectivity index (χ2v) is 3.71. The van der Waals surface area contributed by atoms with Crippen LogP contribution in [-0.2, 0) is 12.7 Å². The molecule has 0 aliphatic carbocycles. The quantitative estimate of drug-likeness (QED) is 0.819. The Labute approximate surface area is 85.3 Å². The minimum atomic E-state index is -4.34. The van der Waals surface area contributed by atoms with Crippen LogP contribution in [0.1, 0.15) is 18.5 Å². The van der Waals surface area contributed by atoms with Crippen molar-refractivity contribution in [2.24, 2.45) is 0 Å². The number of rotatable bonds is 2. The molecule has 0 bridgehead atoms. The van der Waals surface area contributed by atoms with Crippen LogP contribution in [0.4, 0.5) is 13.2 Å². The van der Waals surface area contributed by atoms with Gasteiger partial charge < -0.3 is 5.32 Å². The number of alkyl halides is 3. The molecule has 0 radical (unpaired) electrons. The molecular weight excluding hydrogens is 207 g/mol. The molecule has 0 saturated carbocycles. The zero-order valence-corrected chi connectivity index (χ0v) is 8.09. The molecule has 1 saturated heterocycles. The van der Waals surface area contributed by atoms with E-state index in [0.717, 1.165) is 25.5 Å². The Morgan fingerprint density at radius 1 is 1.53 bits per heavy atom. The first-order chi connectivity index (χ1) is 7.05. The van der Waals surface area contributed by atoms with Crippen LogP contribution in [-0.4, -0.2) is 22.4 Å². The van der Waals surface area contributed by atoms with E-state index in [1.807, 2.05) is 0 Å². The van der Waals surface area contributed by atoms with Crippen molar-refractivity contribution in [1.82, 2.24) is 15.1 Å². The predicted molar refractivity (Wildman–Crippen MR) is 48.3 cm³/mol. The molecule has 15 heavy (non-hydrogen) atoms. The van der Waals surface area contributed by atoms with Crippen molar-refractivity contribution in [1.29, 1.82) is 0 Å². The van der Waals surface area contributed by atoms with Gasteiger partial charge in [0.2, 0.25) is 0 Å². The molecule has 0 spiro atoms. The number of nitrogens with zero attached hydrogens (tertiary/aromatic N) is 2. The average Bonchev–Trinajstić information content (AvgIpc) is 2.73. The first-order valence-electron chi connectivity index (χ1n) is 4.90. The predicted octanol–water partition coefficient (Wildman–Crippen LogP) is 1.65. The molecule has 6 heteroatoms. The Morgan fingerprint density at radius 2 is 2.33 bits per heavy atom. The summed E-state index contributed by atoms with van der Waals surface area (Å²) in [7, 11) is 0. The lowest BCUT2D eigenvalue weighted by molar-refractivity contribution is -0.141. The van der Waals surface area contributed by atoms with E-state index in [9.17, 15) is 13.2 Å². The summed E-state index contributed by atoms with van der Waals surface area (Å²) in [5.74, 6) is 0. The molecule has 2 heterocycles. The summed E-state index contributed by atoms with van der Waals surface area (Å²) in [5.41, 5.74) is -0.819. The highest BCUT2D eigenvalue weighted by atomic mass is 19.4. The molecule has 1 aliphatic rings. The number of hydrogen-bond acceptors (Lipinski definition) is 2. The van der Waals surface area contributed by atoms with Crippen LogP contribution < -0.4 is 5.32 Å². The largest absolute Gasteiger partial charge is 0.435 e. The minimum absolute atomic E-state index is 0.256. The zero-order chi connectivity index (χ0) is 10.9. The van der Waals surface area contributed by atoms with Crippen LogP contribution >= 0.6 is 0 Å². The summed E-state index contributed by atoms with van der Waals surface area (Å²) in [6, 6.07) is 1.26. The molecule has 84 valence electrons. The topological polar surface area (TPSA) is 29.9 Å². The second-order valence-electron chi connectivity index (χ2n) is 3.71. The van der Waals surface area contributed by atoms with Crippen molar-refractivity contribution < 1.29 is 13.2 Å². The maximum absolute atomic E-state index is 12.2. The van der Waals surface area contributed by atoms with Crippen LogP contribution in [0.5, 0.6) is 0 Å². The average molecular weight is 219 g/mol. The normalized spacial score (nSPS) is 22.2. The fourth-order valence-corrected chi connectivity index (χ4v) is 1.75. The van der Waals surface area contributed by atoms with Gasteiger partial charge in [-0.1, -0.05) is 0 Å². The maximum atomic E-state index is 12.2. The van der Waals surface area contributed by atoms with Gasteiger partial charge in [0.1, 0.15) is 0 Å². The number of halogens is 3. The van der Waals surface area contributed by atoms with E-state index in [0.29, 0.717) is 6.54 Å². The lowest BCUT2D eigenvalue weighted by atomic mass is 10.2. The van der Waals surface area contributed by atoms with Crippen LogP contribution in [0.3, 0.4) is 0 Å². The van der Waals surface area contributed by atoms with Crippen molar-refractivity contribution in [3.8, 4) is 0 Å². The van der Waals surface area contributed by atoms with Gasteiger partial charge in [-0.15, -0.1) is 0 Å². The molecule has 1 N–H and O–H groups in total. The zero-order valence-electron chi connectivity index (χ0n) is 8.09. The van der Waals surface area contributed by atoms with Crippen molar-refractivity contribution in [3.05, 3.63) is 18.0 Å². The monoisotopic (exact) mass is 219 g/mol. The first kappa shape index (κ1) is 10.5. The second kappa shape index (κ2) is 3.84. The standard InChI is InChI=1S/C9H12F3N3/c10-9(11,12)8-3-5-15(14-8)6-7-2-1-4-13-7/h3,5,7,13H,1-2,4,6H2. The van der Waals surface area contributed by atoms with E-state index in [-0.39, 0.29) is 6.04 Å². The third kappa shape index (κ3) is 2.50. The molecule has 0 amide bonds. The van der Waals surface area contributed by atoms with Crippen LogP contribution in [0.25, 0.3) is 0 Å². The van der Waals surface area contributed by atoms with Crippen LogP contribution in [0.15, 0.2) is 12.3 Å². The fraction of sp³-hybridized carbons (Fsp3) is 0.667. The summed E-state index contributed by atoms with van der Waals surface area (Å²) in [6.07, 6.45) is -0.879. The fourth-order valence-electron chi connectivity index (χ4n) is 1.75. The van der Waals surface area contributed by atoms with E-state index in [1.54, 1.807) is 0 Å². The SMILES string of the molecule is FC(F)(F)c1ccn(CC2CCCN2)n1. The molecule has 1 aromatic heterocycles. The molecule has 1 unspecified atom stereocenters. The third-order valence-corrected chi connectivity index (χ3v) is 2.50. The molecule has 1 aromatic rings. The molecular formula is C9H12F3N3. The van der Waals surface area contributed by atoms with Gasteiger partial charge in [-0.3, -0.25) is 4.68 Å². The first-order valence-corrected chi connectivity index (χ1v) is 4.90. The Bertz CT molecular complexity index is 326. The van der Waals surface area contributed by atoms with Crippen molar-refractivity contribution >= 4 is 0 Å². The Balaban J connectivity index is 2.00. The van der Waals surface area contributed by atoms with Crippen molar-refractivity contribution in [3.63, 3.8) is 0 Å². The van der Waals surface area contributed by atoms with Gasteiger partial charge in [0.15, 0.2) is 5.69 Å². The molecule has 1 fully saturated rings. The molecule has 1 atom stereocenters. The van der Waals surface area contributed by atoms with Gasteiger partial charge in [-0.2, -0.15) is 18.3 Å². The van der Waals surface area contributed by atoms with Gasteiger partial charge >= 0.3 is 6.18 Å². The number of aromatic nitrogens is 2. The smallest absolute Gasteiger partial charge is 0.312 e.